The zero-order valence-electron chi connectivity index (χ0n) is 24.5. The van der Waals surface area contributed by atoms with Gasteiger partial charge in [0.15, 0.2) is 0 Å². The summed E-state index contributed by atoms with van der Waals surface area (Å²) >= 11 is 0. The van der Waals surface area contributed by atoms with Crippen molar-refractivity contribution in [1.29, 1.82) is 0 Å². The van der Waals surface area contributed by atoms with Gasteiger partial charge in [-0.15, -0.1) is 0 Å². The van der Waals surface area contributed by atoms with Gasteiger partial charge < -0.3 is 0 Å². The second-order valence-corrected chi connectivity index (χ2v) is 9.74. The number of hydrogen-bond donors (Lipinski definition) is 0. The highest BCUT2D eigenvalue weighted by atomic mass is 14.2. The largest absolute Gasteiger partial charge is 0.0991 e. The molecule has 42 heavy (non-hydrogen) atoms. The molecule has 0 nitrogen and oxygen atoms in total. The fourth-order valence-electron chi connectivity index (χ4n) is 4.67. The molecular weight excluding hydrogens is 504 g/mol. The highest BCUT2D eigenvalue weighted by molar-refractivity contribution is 6.18. The maximum atomic E-state index is 4.49. The first-order valence-electron chi connectivity index (χ1n) is 13.5. The molecule has 0 heteroatoms. The van der Waals surface area contributed by atoms with Crippen LogP contribution in [0.25, 0.3) is 44.8 Å². The van der Waals surface area contributed by atoms with Crippen molar-refractivity contribution in [2.45, 2.75) is 0 Å². The van der Waals surface area contributed by atoms with Crippen molar-refractivity contribution in [2.24, 2.45) is 0 Å². The molecule has 206 valence electrons. The molecule has 0 aliphatic heterocycles. The maximum absolute atomic E-state index is 4.49. The quantitative estimate of drug-likeness (QED) is 0.140. The third-order valence-corrected chi connectivity index (χ3v) is 6.97. The van der Waals surface area contributed by atoms with E-state index in [1.807, 2.05) is 72.9 Å². The summed E-state index contributed by atoms with van der Waals surface area (Å²) in [5, 5.41) is 4.22. The van der Waals surface area contributed by atoms with E-state index in [4.69, 9.17) is 0 Å². The predicted molar refractivity (Wildman–Crippen MR) is 193 cm³/mol. The van der Waals surface area contributed by atoms with Crippen LogP contribution in [0, 0.1) is 0 Å². The summed E-state index contributed by atoms with van der Waals surface area (Å²) in [6.07, 6.45) is 22.5. The van der Waals surface area contributed by atoms with Gasteiger partial charge in [0.2, 0.25) is 0 Å². The number of rotatable bonds is 14. The van der Waals surface area contributed by atoms with Gasteiger partial charge in [0.1, 0.15) is 0 Å². The number of fused-ring (bicyclic) bond motifs is 2. The summed E-state index contributed by atoms with van der Waals surface area (Å²) in [5.74, 6) is 0. The molecule has 0 aliphatic rings. The summed E-state index contributed by atoms with van der Waals surface area (Å²) < 4.78 is 0. The lowest BCUT2D eigenvalue weighted by atomic mass is 9.84. The molecular formula is C42H38. The Hall–Kier alpha value is -5.46. The van der Waals surface area contributed by atoms with Crippen LogP contribution in [0.2, 0.25) is 0 Å². The fraction of sp³-hybridized carbons (Fsp3) is 0. The van der Waals surface area contributed by atoms with Crippen LogP contribution < -0.4 is 0 Å². The molecule has 0 saturated heterocycles. The van der Waals surface area contributed by atoms with Crippen molar-refractivity contribution in [3.63, 3.8) is 0 Å². The van der Waals surface area contributed by atoms with Gasteiger partial charge in [-0.3, -0.25) is 0 Å². The number of allylic oxidation sites excluding steroid dienone is 16. The Bertz CT molecular complexity index is 1680. The van der Waals surface area contributed by atoms with Gasteiger partial charge in [-0.05, 0) is 89.4 Å². The lowest BCUT2D eigenvalue weighted by Gasteiger charge is -2.19. The van der Waals surface area contributed by atoms with Crippen LogP contribution in [0.1, 0.15) is 22.3 Å². The van der Waals surface area contributed by atoms with Gasteiger partial charge in [0.25, 0.3) is 0 Å². The molecule has 3 rings (SSSR count). The van der Waals surface area contributed by atoms with Crippen LogP contribution in [0.15, 0.2) is 185 Å². The van der Waals surface area contributed by atoms with Crippen molar-refractivity contribution in [1.82, 2.24) is 0 Å². The first-order valence-corrected chi connectivity index (χ1v) is 13.5. The molecule has 3 aromatic carbocycles. The van der Waals surface area contributed by atoms with Crippen molar-refractivity contribution in [2.75, 3.05) is 0 Å². The Kier molecular flexibility index (Phi) is 10.5. The highest BCUT2D eigenvalue weighted by Crippen LogP contribution is 2.41. The topological polar surface area (TPSA) is 0 Å². The molecule has 0 saturated carbocycles. The molecule has 0 fully saturated rings. The van der Waals surface area contributed by atoms with Gasteiger partial charge in [-0.2, -0.15) is 0 Å². The standard InChI is InChI=1S/C42H38/c1-11-15-19-29(5)31(7)23-25-33(9)41-37-21-17-18-22-38(37)42(34(10)26-24-32(8)30(6)20-16-12-2)40-28-36(14-4)35(13-3)27-39(40)41/h11-28H,1-10H2/b19-15-,20-16-,25-23-,26-24-. The summed E-state index contributed by atoms with van der Waals surface area (Å²) in [6.45, 7) is 41.1. The molecule has 0 radical (unpaired) electrons. The fourth-order valence-corrected chi connectivity index (χ4v) is 4.67. The van der Waals surface area contributed by atoms with E-state index in [1.54, 1.807) is 12.2 Å². The van der Waals surface area contributed by atoms with Crippen LogP contribution in [0.5, 0.6) is 0 Å². The number of benzene rings is 3. The molecule has 0 aliphatic carbocycles. The molecule has 0 amide bonds. The minimum Gasteiger partial charge on any atom is -0.0991 e. The van der Waals surface area contributed by atoms with Gasteiger partial charge in [0, 0.05) is 0 Å². The second-order valence-electron chi connectivity index (χ2n) is 9.74. The lowest BCUT2D eigenvalue weighted by molar-refractivity contribution is 1.59. The van der Waals surface area contributed by atoms with Crippen LogP contribution in [-0.4, -0.2) is 0 Å². The Morgan fingerprint density at radius 1 is 0.452 bits per heavy atom. The summed E-state index contributed by atoms with van der Waals surface area (Å²) in [4.78, 5) is 0. The molecule has 0 aromatic heterocycles. The van der Waals surface area contributed by atoms with Crippen molar-refractivity contribution in [3.05, 3.63) is 207 Å². The van der Waals surface area contributed by atoms with Crippen LogP contribution in [0.3, 0.4) is 0 Å². The molecule has 0 atom stereocenters. The molecule has 3 aromatic rings. The Balaban J connectivity index is 2.30. The van der Waals surface area contributed by atoms with Crippen LogP contribution in [-0.2, 0) is 0 Å². The zero-order chi connectivity index (χ0) is 30.8. The Morgan fingerprint density at radius 3 is 1.14 bits per heavy atom. The third-order valence-electron chi connectivity index (χ3n) is 6.97. The van der Waals surface area contributed by atoms with E-state index in [2.05, 4.69) is 90.1 Å². The molecule has 0 spiro atoms. The molecule has 0 heterocycles. The average molecular weight is 543 g/mol. The van der Waals surface area contributed by atoms with Gasteiger partial charge in [-0.1, -0.05) is 163 Å². The van der Waals surface area contributed by atoms with E-state index < -0.39 is 0 Å². The van der Waals surface area contributed by atoms with Gasteiger partial charge in [0.05, 0.1) is 0 Å². The monoisotopic (exact) mass is 542 g/mol. The maximum Gasteiger partial charge on any atom is -0.00321 e. The van der Waals surface area contributed by atoms with Crippen LogP contribution in [0.4, 0.5) is 0 Å². The highest BCUT2D eigenvalue weighted by Gasteiger charge is 2.17. The smallest absolute Gasteiger partial charge is 0.00321 e. The van der Waals surface area contributed by atoms with E-state index in [9.17, 15) is 0 Å². The van der Waals surface area contributed by atoms with Crippen LogP contribution >= 0.6 is 0 Å². The van der Waals surface area contributed by atoms with Gasteiger partial charge in [-0.25, -0.2) is 0 Å². The SMILES string of the molecule is C=C/C=C\C(=C)C(=C)/C=C\C(=C)c1c2ccccc2c(C(=C)/C=C\C(=C)C(=C)/C=C\C=C)c2cc(C=C)c(C=C)cc12. The Morgan fingerprint density at radius 2 is 0.810 bits per heavy atom. The normalized spacial score (nSPS) is 11.4. The first-order chi connectivity index (χ1) is 20.2. The average Bonchev–Trinajstić information content (AvgIpc) is 3.01. The molecule has 0 N–H and O–H groups in total. The van der Waals surface area contributed by atoms with Crippen molar-refractivity contribution >= 4 is 44.8 Å². The summed E-state index contributed by atoms with van der Waals surface area (Å²) in [5.41, 5.74) is 8.95. The third kappa shape index (κ3) is 6.81. The lowest BCUT2D eigenvalue weighted by Crippen LogP contribution is -1.96. The Labute approximate surface area is 251 Å². The van der Waals surface area contributed by atoms with Gasteiger partial charge >= 0.3 is 0 Å². The van der Waals surface area contributed by atoms with E-state index in [0.29, 0.717) is 0 Å². The van der Waals surface area contributed by atoms with Crippen molar-refractivity contribution < 1.29 is 0 Å². The molecule has 0 bridgehead atoms. The first kappa shape index (κ1) is 31.1. The minimum atomic E-state index is 0.795. The van der Waals surface area contributed by atoms with E-state index in [1.165, 1.54) is 0 Å². The predicted octanol–water partition coefficient (Wildman–Crippen LogP) is 12.1. The second kappa shape index (κ2) is 14.3. The summed E-state index contributed by atoms with van der Waals surface area (Å²) in [6, 6.07) is 12.6. The van der Waals surface area contributed by atoms with E-state index in [-0.39, 0.29) is 0 Å². The number of hydrogen-bond acceptors (Lipinski definition) is 0. The molecule has 0 unspecified atom stereocenters. The zero-order valence-corrected chi connectivity index (χ0v) is 24.5. The minimum absolute atomic E-state index is 0.795. The summed E-state index contributed by atoms with van der Waals surface area (Å²) in [7, 11) is 0. The van der Waals surface area contributed by atoms with E-state index >= 15 is 0 Å². The van der Waals surface area contributed by atoms with E-state index in [0.717, 1.165) is 77.2 Å². The van der Waals surface area contributed by atoms with Crippen molar-refractivity contribution in [3.8, 4) is 0 Å².